The lowest BCUT2D eigenvalue weighted by molar-refractivity contribution is 0.0908. The lowest BCUT2D eigenvalue weighted by atomic mass is 9.91. The van der Waals surface area contributed by atoms with E-state index in [0.29, 0.717) is 16.3 Å². The highest BCUT2D eigenvalue weighted by Crippen LogP contribution is 2.49. The van der Waals surface area contributed by atoms with E-state index in [1.807, 2.05) is 26.8 Å². The first-order chi connectivity index (χ1) is 7.90. The van der Waals surface area contributed by atoms with Crippen molar-refractivity contribution in [1.29, 1.82) is 0 Å². The summed E-state index contributed by atoms with van der Waals surface area (Å²) in [6.07, 6.45) is 1.92. The predicted molar refractivity (Wildman–Crippen MR) is 69.1 cm³/mol. The van der Waals surface area contributed by atoms with E-state index in [9.17, 15) is 4.79 Å². The Bertz CT molecular complexity index is 487. The van der Waals surface area contributed by atoms with Gasteiger partial charge in [-0.25, -0.2) is 0 Å². The summed E-state index contributed by atoms with van der Waals surface area (Å²) in [5.41, 5.74) is 2.24. The third-order valence-corrected chi connectivity index (χ3v) is 4.22. The lowest BCUT2D eigenvalue weighted by Crippen LogP contribution is -2.15. The van der Waals surface area contributed by atoms with Crippen LogP contribution >= 0.6 is 11.6 Å². The van der Waals surface area contributed by atoms with Crippen LogP contribution in [0.15, 0.2) is 6.07 Å². The van der Waals surface area contributed by atoms with E-state index < -0.39 is 0 Å². The van der Waals surface area contributed by atoms with Gasteiger partial charge in [0.1, 0.15) is 5.75 Å². The quantitative estimate of drug-likeness (QED) is 0.762. The monoisotopic (exact) mass is 252 g/mol. The number of hydrogen-bond acceptors (Lipinski definition) is 2. The fourth-order valence-electron chi connectivity index (χ4n) is 2.08. The average molecular weight is 253 g/mol. The Kier molecular flexibility index (Phi) is 2.94. The summed E-state index contributed by atoms with van der Waals surface area (Å²) < 4.78 is 5.33. The number of carbonyl (C=O) groups is 1. The molecule has 1 saturated carbocycles. The van der Waals surface area contributed by atoms with Gasteiger partial charge in [0.2, 0.25) is 0 Å². The molecule has 3 heteroatoms. The van der Waals surface area contributed by atoms with E-state index in [4.69, 9.17) is 16.3 Å². The predicted octanol–water partition coefficient (Wildman–Crippen LogP) is 3.95. The average Bonchev–Trinajstić information content (AvgIpc) is 3.04. The molecule has 0 radical (unpaired) electrons. The van der Waals surface area contributed by atoms with Crippen LogP contribution in [0.2, 0.25) is 5.02 Å². The van der Waals surface area contributed by atoms with Gasteiger partial charge in [-0.2, -0.15) is 0 Å². The Balaban J connectivity index is 2.59. The van der Waals surface area contributed by atoms with Gasteiger partial charge in [-0.05, 0) is 43.9 Å². The zero-order chi connectivity index (χ0) is 12.8. The van der Waals surface area contributed by atoms with Crippen molar-refractivity contribution in [3.63, 3.8) is 0 Å². The summed E-state index contributed by atoms with van der Waals surface area (Å²) in [4.78, 5) is 12.5. The molecule has 0 amide bonds. The van der Waals surface area contributed by atoms with Crippen LogP contribution in [-0.4, -0.2) is 12.9 Å². The first-order valence-corrected chi connectivity index (χ1v) is 6.17. The Morgan fingerprint density at radius 2 is 2.00 bits per heavy atom. The van der Waals surface area contributed by atoms with Crippen molar-refractivity contribution >= 4 is 17.4 Å². The number of methoxy groups -OCH3 is 1. The third-order valence-electron chi connectivity index (χ3n) is 3.64. The molecule has 0 aliphatic heterocycles. The molecule has 92 valence electrons. The van der Waals surface area contributed by atoms with Gasteiger partial charge in [0, 0.05) is 10.4 Å². The summed E-state index contributed by atoms with van der Waals surface area (Å²) in [5.74, 6) is 0.802. The molecule has 1 fully saturated rings. The van der Waals surface area contributed by atoms with Gasteiger partial charge in [0.15, 0.2) is 5.78 Å². The first-order valence-electron chi connectivity index (χ1n) is 5.79. The van der Waals surface area contributed by atoms with E-state index in [0.717, 1.165) is 24.0 Å². The molecule has 0 atom stereocenters. The molecule has 0 heterocycles. The fourth-order valence-corrected chi connectivity index (χ4v) is 2.23. The van der Waals surface area contributed by atoms with E-state index in [1.165, 1.54) is 0 Å². The number of halogens is 1. The van der Waals surface area contributed by atoms with Crippen LogP contribution < -0.4 is 4.74 Å². The number of ether oxygens (including phenoxy) is 1. The number of carbonyl (C=O) groups excluding carboxylic acids is 1. The summed E-state index contributed by atoms with van der Waals surface area (Å²) >= 11 is 6.22. The molecule has 17 heavy (non-hydrogen) atoms. The van der Waals surface area contributed by atoms with Crippen LogP contribution in [0.3, 0.4) is 0 Å². The molecule has 0 aromatic heterocycles. The van der Waals surface area contributed by atoms with Crippen molar-refractivity contribution in [3.8, 4) is 5.75 Å². The molecule has 2 rings (SSSR count). The number of rotatable bonds is 3. The molecule has 0 N–H and O–H groups in total. The van der Waals surface area contributed by atoms with Crippen molar-refractivity contribution in [2.45, 2.75) is 33.6 Å². The maximum atomic E-state index is 12.5. The van der Waals surface area contributed by atoms with Crippen LogP contribution in [0.4, 0.5) is 0 Å². The van der Waals surface area contributed by atoms with Gasteiger partial charge in [0.05, 0.1) is 12.7 Å². The molecule has 2 nitrogen and oxygen atoms in total. The number of aryl methyl sites for hydroxylation is 1. The molecule has 0 bridgehead atoms. The normalized spacial score (nSPS) is 16.8. The maximum Gasteiger partial charge on any atom is 0.172 e. The highest BCUT2D eigenvalue weighted by atomic mass is 35.5. The summed E-state index contributed by atoms with van der Waals surface area (Å²) in [7, 11) is 1.59. The molecular weight excluding hydrogens is 236 g/mol. The van der Waals surface area contributed by atoms with E-state index >= 15 is 0 Å². The van der Waals surface area contributed by atoms with Gasteiger partial charge >= 0.3 is 0 Å². The highest BCUT2D eigenvalue weighted by molar-refractivity contribution is 6.32. The molecule has 1 aromatic rings. The highest BCUT2D eigenvalue weighted by Gasteiger charge is 2.46. The summed E-state index contributed by atoms with van der Waals surface area (Å²) in [6, 6.07) is 1.84. The molecule has 0 spiro atoms. The van der Waals surface area contributed by atoms with E-state index in [2.05, 4.69) is 0 Å². The van der Waals surface area contributed by atoms with Crippen LogP contribution in [-0.2, 0) is 0 Å². The Morgan fingerprint density at radius 1 is 1.41 bits per heavy atom. The topological polar surface area (TPSA) is 26.3 Å². The molecule has 1 aliphatic rings. The van der Waals surface area contributed by atoms with Crippen LogP contribution in [0, 0.1) is 19.3 Å². The van der Waals surface area contributed by atoms with Gasteiger partial charge < -0.3 is 4.74 Å². The molecule has 1 aromatic carbocycles. The largest absolute Gasteiger partial charge is 0.496 e. The van der Waals surface area contributed by atoms with E-state index in [-0.39, 0.29) is 11.2 Å². The zero-order valence-electron chi connectivity index (χ0n) is 10.7. The number of Topliss-reactive ketones (excluding diaryl/α,β-unsaturated/α-hetero) is 1. The third kappa shape index (κ3) is 1.95. The smallest absolute Gasteiger partial charge is 0.172 e. The molecule has 0 unspecified atom stereocenters. The Hall–Kier alpha value is -1.02. The van der Waals surface area contributed by atoms with Crippen LogP contribution in [0.1, 0.15) is 41.3 Å². The SMILES string of the molecule is COc1cc(C)c(Cl)c(C)c1C(=O)C1(C)CC1. The second-order valence-corrected chi connectivity index (χ2v) is 5.48. The van der Waals surface area contributed by atoms with Crippen LogP contribution in [0.25, 0.3) is 0 Å². The zero-order valence-corrected chi connectivity index (χ0v) is 11.4. The van der Waals surface area contributed by atoms with Crippen molar-refractivity contribution in [3.05, 3.63) is 27.8 Å². The minimum atomic E-state index is -0.198. The molecule has 0 saturated heterocycles. The van der Waals surface area contributed by atoms with Crippen LogP contribution in [0.5, 0.6) is 5.75 Å². The van der Waals surface area contributed by atoms with Gasteiger partial charge in [-0.3, -0.25) is 4.79 Å². The van der Waals surface area contributed by atoms with Gasteiger partial charge in [-0.1, -0.05) is 18.5 Å². The van der Waals surface area contributed by atoms with Crippen molar-refractivity contribution in [1.82, 2.24) is 0 Å². The summed E-state index contributed by atoms with van der Waals surface area (Å²) in [6.45, 7) is 5.81. The Labute approximate surface area is 107 Å². The second-order valence-electron chi connectivity index (χ2n) is 5.10. The Morgan fingerprint density at radius 3 is 2.47 bits per heavy atom. The van der Waals surface area contributed by atoms with Gasteiger partial charge in [-0.15, -0.1) is 0 Å². The second kappa shape index (κ2) is 4.02. The summed E-state index contributed by atoms with van der Waals surface area (Å²) in [5, 5.41) is 0.665. The number of ketones is 1. The standard InChI is InChI=1S/C14H17ClO2/c1-8-7-10(17-4)11(9(2)12(8)15)13(16)14(3)5-6-14/h7H,5-6H2,1-4H3. The molecular formula is C14H17ClO2. The number of hydrogen-bond donors (Lipinski definition) is 0. The lowest BCUT2D eigenvalue weighted by Gasteiger charge is -2.16. The minimum absolute atomic E-state index is 0.161. The van der Waals surface area contributed by atoms with Crippen molar-refractivity contribution in [2.24, 2.45) is 5.41 Å². The number of benzene rings is 1. The fraction of sp³-hybridized carbons (Fsp3) is 0.500. The van der Waals surface area contributed by atoms with Gasteiger partial charge in [0.25, 0.3) is 0 Å². The van der Waals surface area contributed by atoms with E-state index in [1.54, 1.807) is 7.11 Å². The minimum Gasteiger partial charge on any atom is -0.496 e. The first kappa shape index (κ1) is 12.4. The van der Waals surface area contributed by atoms with Crippen molar-refractivity contribution in [2.75, 3.05) is 7.11 Å². The molecule has 1 aliphatic carbocycles. The van der Waals surface area contributed by atoms with Crippen molar-refractivity contribution < 1.29 is 9.53 Å². The maximum absolute atomic E-state index is 12.5.